The van der Waals surface area contributed by atoms with Gasteiger partial charge in [-0.2, -0.15) is 0 Å². The largest absolute Gasteiger partial charge is 0.391 e. The normalized spacial score (nSPS) is 11.0. The highest BCUT2D eigenvalue weighted by atomic mass is 79.9. The Balaban J connectivity index is 2.85. The molecule has 1 N–H and O–H groups in total. The third kappa shape index (κ3) is 1.24. The first kappa shape index (κ1) is 8.65. The first-order valence-electron chi connectivity index (χ1n) is 3.83. The minimum Gasteiger partial charge on any atom is -0.391 e. The lowest BCUT2D eigenvalue weighted by Gasteiger charge is -2.02. The Morgan fingerprint density at radius 1 is 1.54 bits per heavy atom. The van der Waals surface area contributed by atoms with Crippen LogP contribution in [0.5, 0.6) is 0 Å². The number of rotatable bonds is 1. The van der Waals surface area contributed by atoms with Crippen molar-refractivity contribution in [3.63, 3.8) is 0 Å². The Hall–Kier alpha value is -0.940. The third-order valence-electron chi connectivity index (χ3n) is 1.95. The number of aliphatic hydroxyl groups excluding tert-OH is 1. The fraction of sp³-hybridized carbons (Fsp3) is 0.250. The van der Waals surface area contributed by atoms with Crippen LogP contribution in [0, 0.1) is 6.92 Å². The smallest absolute Gasteiger partial charge is 0.167 e. The number of pyridine rings is 1. The molecular formula is C8H8BrN3O. The lowest BCUT2D eigenvalue weighted by Crippen LogP contribution is -1.94. The second-order valence-electron chi connectivity index (χ2n) is 2.74. The quantitative estimate of drug-likeness (QED) is 0.819. The van der Waals surface area contributed by atoms with Crippen LogP contribution in [-0.4, -0.2) is 19.7 Å². The van der Waals surface area contributed by atoms with Crippen LogP contribution in [0.2, 0.25) is 0 Å². The summed E-state index contributed by atoms with van der Waals surface area (Å²) in [7, 11) is 0. The van der Waals surface area contributed by atoms with Crippen LogP contribution >= 0.6 is 15.9 Å². The fourth-order valence-electron chi connectivity index (χ4n) is 1.25. The van der Waals surface area contributed by atoms with Gasteiger partial charge < -0.3 is 5.11 Å². The summed E-state index contributed by atoms with van der Waals surface area (Å²) in [4.78, 5) is 0. The molecule has 0 aliphatic heterocycles. The zero-order valence-electron chi connectivity index (χ0n) is 7.03. The number of aliphatic hydroxyl groups is 1. The molecule has 0 saturated carbocycles. The van der Waals surface area contributed by atoms with Crippen LogP contribution < -0.4 is 0 Å². The number of hydrogen-bond acceptors (Lipinski definition) is 3. The number of nitrogens with zero attached hydrogens (tertiary/aromatic N) is 3. The van der Waals surface area contributed by atoms with E-state index in [0.717, 1.165) is 15.9 Å². The topological polar surface area (TPSA) is 50.4 Å². The standard InChI is InChI=1S/C8H8BrN3O/c1-5-10-11-8-6(4-13)7(9)2-3-12(5)8/h2-3,13H,4H2,1H3. The van der Waals surface area contributed by atoms with Crippen molar-refractivity contribution in [1.29, 1.82) is 0 Å². The minimum absolute atomic E-state index is 0.0386. The number of halogens is 1. The van der Waals surface area contributed by atoms with Gasteiger partial charge in [0.1, 0.15) is 5.82 Å². The van der Waals surface area contributed by atoms with E-state index in [4.69, 9.17) is 5.11 Å². The summed E-state index contributed by atoms with van der Waals surface area (Å²) < 4.78 is 2.70. The highest BCUT2D eigenvalue weighted by Gasteiger charge is 2.08. The first-order valence-corrected chi connectivity index (χ1v) is 4.63. The van der Waals surface area contributed by atoms with E-state index >= 15 is 0 Å². The molecule has 4 nitrogen and oxygen atoms in total. The van der Waals surface area contributed by atoms with Crippen molar-refractivity contribution in [2.45, 2.75) is 13.5 Å². The molecule has 0 radical (unpaired) electrons. The molecule has 0 aliphatic rings. The molecule has 0 fully saturated rings. The summed E-state index contributed by atoms with van der Waals surface area (Å²) in [6, 6.07) is 1.87. The molecule has 2 rings (SSSR count). The average molecular weight is 242 g/mol. The van der Waals surface area contributed by atoms with Gasteiger partial charge in [-0.15, -0.1) is 10.2 Å². The Labute approximate surface area is 83.3 Å². The van der Waals surface area contributed by atoms with Gasteiger partial charge in [0.2, 0.25) is 0 Å². The van der Waals surface area contributed by atoms with E-state index in [1.165, 1.54) is 0 Å². The fourth-order valence-corrected chi connectivity index (χ4v) is 1.67. The third-order valence-corrected chi connectivity index (χ3v) is 2.70. The van der Waals surface area contributed by atoms with Gasteiger partial charge in [-0.05, 0) is 13.0 Å². The predicted molar refractivity (Wildman–Crippen MR) is 51.3 cm³/mol. The summed E-state index contributed by atoms with van der Waals surface area (Å²) in [6.07, 6.45) is 1.87. The molecule has 2 heterocycles. The lowest BCUT2D eigenvalue weighted by atomic mass is 10.3. The van der Waals surface area contributed by atoms with Crippen molar-refractivity contribution < 1.29 is 5.11 Å². The molecule has 2 aromatic heterocycles. The summed E-state index contributed by atoms with van der Waals surface area (Å²) in [5.74, 6) is 0.817. The highest BCUT2D eigenvalue weighted by molar-refractivity contribution is 9.10. The molecule has 0 aromatic carbocycles. The SMILES string of the molecule is Cc1nnc2c(CO)c(Br)ccn12. The lowest BCUT2D eigenvalue weighted by molar-refractivity contribution is 0.282. The van der Waals surface area contributed by atoms with Gasteiger partial charge in [0.25, 0.3) is 0 Å². The summed E-state index contributed by atoms with van der Waals surface area (Å²) in [5, 5.41) is 17.0. The first-order chi connectivity index (χ1) is 6.24. The maximum atomic E-state index is 9.11. The number of fused-ring (bicyclic) bond motifs is 1. The van der Waals surface area contributed by atoms with E-state index in [1.54, 1.807) is 0 Å². The van der Waals surface area contributed by atoms with Crippen LogP contribution in [-0.2, 0) is 6.61 Å². The van der Waals surface area contributed by atoms with Crippen LogP contribution in [0.3, 0.4) is 0 Å². The van der Waals surface area contributed by atoms with Gasteiger partial charge in [0, 0.05) is 16.2 Å². The molecule has 68 valence electrons. The van der Waals surface area contributed by atoms with E-state index in [9.17, 15) is 0 Å². The Kier molecular flexibility index (Phi) is 2.05. The number of hydrogen-bond donors (Lipinski definition) is 1. The van der Waals surface area contributed by atoms with Gasteiger partial charge in [-0.3, -0.25) is 4.40 Å². The average Bonchev–Trinajstić information content (AvgIpc) is 2.48. The van der Waals surface area contributed by atoms with Crippen molar-refractivity contribution in [2.24, 2.45) is 0 Å². The van der Waals surface area contributed by atoms with E-state index in [2.05, 4.69) is 26.1 Å². The van der Waals surface area contributed by atoms with Crippen LogP contribution in [0.25, 0.3) is 5.65 Å². The maximum absolute atomic E-state index is 9.11. The van der Waals surface area contributed by atoms with Crippen molar-refractivity contribution in [3.8, 4) is 0 Å². The summed E-state index contributed by atoms with van der Waals surface area (Å²) in [6.45, 7) is 1.83. The molecule has 0 bridgehead atoms. The Morgan fingerprint density at radius 2 is 2.31 bits per heavy atom. The molecular weight excluding hydrogens is 234 g/mol. The second kappa shape index (κ2) is 3.08. The number of aromatic nitrogens is 3. The molecule has 0 saturated heterocycles. The Bertz CT molecular complexity index is 452. The van der Waals surface area contributed by atoms with Crippen molar-refractivity contribution in [3.05, 3.63) is 28.1 Å². The van der Waals surface area contributed by atoms with E-state index < -0.39 is 0 Å². The molecule has 0 aliphatic carbocycles. The van der Waals surface area contributed by atoms with Gasteiger partial charge in [-0.1, -0.05) is 15.9 Å². The monoisotopic (exact) mass is 241 g/mol. The zero-order chi connectivity index (χ0) is 9.42. The van der Waals surface area contributed by atoms with Crippen molar-refractivity contribution in [1.82, 2.24) is 14.6 Å². The van der Waals surface area contributed by atoms with Gasteiger partial charge in [-0.25, -0.2) is 0 Å². The van der Waals surface area contributed by atoms with Crippen LogP contribution in [0.4, 0.5) is 0 Å². The van der Waals surface area contributed by atoms with E-state index in [-0.39, 0.29) is 6.61 Å². The molecule has 5 heteroatoms. The Morgan fingerprint density at radius 3 is 3.00 bits per heavy atom. The highest BCUT2D eigenvalue weighted by Crippen LogP contribution is 2.20. The van der Waals surface area contributed by atoms with Crippen LogP contribution in [0.15, 0.2) is 16.7 Å². The summed E-state index contributed by atoms with van der Waals surface area (Å²) >= 11 is 3.35. The summed E-state index contributed by atoms with van der Waals surface area (Å²) in [5.41, 5.74) is 1.47. The van der Waals surface area contributed by atoms with Gasteiger partial charge in [0.15, 0.2) is 5.65 Å². The van der Waals surface area contributed by atoms with E-state index in [0.29, 0.717) is 5.65 Å². The van der Waals surface area contributed by atoms with Crippen LogP contribution in [0.1, 0.15) is 11.4 Å². The van der Waals surface area contributed by atoms with Crippen molar-refractivity contribution in [2.75, 3.05) is 0 Å². The molecule has 0 spiro atoms. The molecule has 13 heavy (non-hydrogen) atoms. The molecule has 0 amide bonds. The maximum Gasteiger partial charge on any atom is 0.167 e. The van der Waals surface area contributed by atoms with Gasteiger partial charge in [0.05, 0.1) is 6.61 Å². The van der Waals surface area contributed by atoms with Gasteiger partial charge >= 0.3 is 0 Å². The molecule has 0 atom stereocenters. The zero-order valence-corrected chi connectivity index (χ0v) is 8.61. The second-order valence-corrected chi connectivity index (χ2v) is 3.60. The molecule has 2 aromatic rings. The predicted octanol–water partition coefficient (Wildman–Crippen LogP) is 1.29. The van der Waals surface area contributed by atoms with E-state index in [1.807, 2.05) is 23.6 Å². The number of aryl methyl sites for hydroxylation is 1. The van der Waals surface area contributed by atoms with Crippen molar-refractivity contribution >= 4 is 21.6 Å². The minimum atomic E-state index is -0.0386. The molecule has 0 unspecified atom stereocenters.